The lowest BCUT2D eigenvalue weighted by Crippen LogP contribution is -2.16. The van der Waals surface area contributed by atoms with Crippen molar-refractivity contribution in [3.8, 4) is 0 Å². The van der Waals surface area contributed by atoms with Gasteiger partial charge in [0.2, 0.25) is 0 Å². The van der Waals surface area contributed by atoms with E-state index in [1.165, 1.54) is 0 Å². The smallest absolute Gasteiger partial charge is 0.330 e. The highest BCUT2D eigenvalue weighted by atomic mass is 28.3. The number of rotatable bonds is 6. The first-order valence-corrected chi connectivity index (χ1v) is 6.33. The van der Waals surface area contributed by atoms with Gasteiger partial charge in [0.05, 0.1) is 6.61 Å². The molecule has 0 saturated heterocycles. The van der Waals surface area contributed by atoms with E-state index in [-0.39, 0.29) is 0 Å². The largest absolute Gasteiger partial charge is 0.463 e. The standard InChI is InChI=1S/C6H14O4Si2/c1-2-6(7)9-4-3-5-12(8)10-11/h2,8,12H,1,3-5H2,11H3. The summed E-state index contributed by atoms with van der Waals surface area (Å²) >= 11 is 0. The second kappa shape index (κ2) is 7.23. The van der Waals surface area contributed by atoms with Crippen molar-refractivity contribution >= 4 is 25.7 Å². The van der Waals surface area contributed by atoms with Crippen molar-refractivity contribution in [2.24, 2.45) is 0 Å². The van der Waals surface area contributed by atoms with Gasteiger partial charge in [0.25, 0.3) is 0 Å². The fourth-order valence-corrected chi connectivity index (χ4v) is 2.07. The molecule has 0 aliphatic rings. The molecule has 4 nitrogen and oxygen atoms in total. The minimum atomic E-state index is -1.91. The summed E-state index contributed by atoms with van der Waals surface area (Å²) in [6.07, 6.45) is 1.78. The molecule has 12 heavy (non-hydrogen) atoms. The molecular weight excluding hydrogens is 192 g/mol. The lowest BCUT2D eigenvalue weighted by molar-refractivity contribution is -0.137. The van der Waals surface area contributed by atoms with Crippen molar-refractivity contribution in [1.29, 1.82) is 0 Å². The summed E-state index contributed by atoms with van der Waals surface area (Å²) in [6.45, 7) is 3.59. The number of hydrogen-bond acceptors (Lipinski definition) is 4. The second-order valence-corrected chi connectivity index (χ2v) is 5.58. The topological polar surface area (TPSA) is 55.8 Å². The van der Waals surface area contributed by atoms with Crippen molar-refractivity contribution in [2.75, 3.05) is 6.61 Å². The molecule has 1 atom stereocenters. The zero-order valence-corrected chi connectivity index (χ0v) is 10.3. The third-order valence-corrected chi connectivity index (χ3v) is 4.36. The molecule has 1 N–H and O–H groups in total. The van der Waals surface area contributed by atoms with Crippen molar-refractivity contribution in [3.05, 3.63) is 12.7 Å². The lowest BCUT2D eigenvalue weighted by atomic mass is 10.5. The maximum Gasteiger partial charge on any atom is 0.330 e. The quantitative estimate of drug-likeness (QED) is 0.252. The fourth-order valence-electron chi connectivity index (χ4n) is 0.607. The van der Waals surface area contributed by atoms with Gasteiger partial charge in [0.1, 0.15) is 10.5 Å². The molecule has 0 amide bonds. The molecular formula is C6H14O4Si2. The molecule has 1 unspecified atom stereocenters. The van der Waals surface area contributed by atoms with Gasteiger partial charge in [-0.1, -0.05) is 6.58 Å². The Kier molecular flexibility index (Phi) is 6.96. The van der Waals surface area contributed by atoms with Crippen LogP contribution in [0.15, 0.2) is 12.7 Å². The van der Waals surface area contributed by atoms with Crippen LogP contribution >= 0.6 is 0 Å². The Bertz CT molecular complexity index is 150. The Morgan fingerprint density at radius 1 is 1.75 bits per heavy atom. The normalized spacial score (nSPS) is 12.4. The monoisotopic (exact) mass is 206 g/mol. The Labute approximate surface area is 76.6 Å². The van der Waals surface area contributed by atoms with Gasteiger partial charge in [-0.25, -0.2) is 4.79 Å². The van der Waals surface area contributed by atoms with Gasteiger partial charge in [0, 0.05) is 6.08 Å². The minimum Gasteiger partial charge on any atom is -0.463 e. The summed E-state index contributed by atoms with van der Waals surface area (Å²) in [4.78, 5) is 19.6. The van der Waals surface area contributed by atoms with E-state index < -0.39 is 15.3 Å². The van der Waals surface area contributed by atoms with Crippen LogP contribution in [-0.4, -0.2) is 37.1 Å². The van der Waals surface area contributed by atoms with E-state index in [0.717, 1.165) is 6.08 Å². The van der Waals surface area contributed by atoms with Crippen LogP contribution in [0.25, 0.3) is 0 Å². The maximum absolute atomic E-state index is 10.5. The number of esters is 1. The first-order valence-electron chi connectivity index (χ1n) is 3.70. The van der Waals surface area contributed by atoms with Crippen LogP contribution in [0.1, 0.15) is 6.42 Å². The number of carbonyl (C=O) groups excluding carboxylic acids is 1. The minimum absolute atomic E-state index is 0.333. The van der Waals surface area contributed by atoms with E-state index >= 15 is 0 Å². The number of ether oxygens (including phenoxy) is 1. The highest BCUT2D eigenvalue weighted by molar-refractivity contribution is 6.47. The van der Waals surface area contributed by atoms with E-state index in [2.05, 4.69) is 6.58 Å². The van der Waals surface area contributed by atoms with Crippen LogP contribution in [0.2, 0.25) is 6.04 Å². The molecule has 0 saturated carbocycles. The molecule has 0 radical (unpaired) electrons. The van der Waals surface area contributed by atoms with Crippen molar-refractivity contribution in [1.82, 2.24) is 0 Å². The summed E-state index contributed by atoms with van der Waals surface area (Å²) in [5, 5.41) is 0. The average molecular weight is 206 g/mol. The molecule has 0 aromatic carbocycles. The van der Waals surface area contributed by atoms with Crippen LogP contribution in [0, 0.1) is 0 Å². The summed E-state index contributed by atoms with van der Waals surface area (Å²) in [6, 6.07) is 0.633. The summed E-state index contributed by atoms with van der Waals surface area (Å²) in [7, 11) is -1.33. The van der Waals surface area contributed by atoms with Gasteiger partial charge < -0.3 is 13.6 Å². The van der Waals surface area contributed by atoms with E-state index in [1.54, 1.807) is 0 Å². The van der Waals surface area contributed by atoms with Gasteiger partial charge >= 0.3 is 15.3 Å². The van der Waals surface area contributed by atoms with Crippen molar-refractivity contribution in [3.63, 3.8) is 0 Å². The highest BCUT2D eigenvalue weighted by Crippen LogP contribution is 1.95. The molecule has 0 spiro atoms. The molecule has 0 aromatic heterocycles. The van der Waals surface area contributed by atoms with Gasteiger partial charge in [-0.15, -0.1) is 0 Å². The first kappa shape index (κ1) is 11.6. The molecule has 0 rings (SSSR count). The lowest BCUT2D eigenvalue weighted by Gasteiger charge is -2.05. The van der Waals surface area contributed by atoms with Gasteiger partial charge in [-0.2, -0.15) is 0 Å². The van der Waals surface area contributed by atoms with Crippen molar-refractivity contribution < 1.29 is 18.4 Å². The molecule has 0 bridgehead atoms. The molecule has 6 heteroatoms. The molecule has 0 heterocycles. The van der Waals surface area contributed by atoms with Gasteiger partial charge in [-0.3, -0.25) is 0 Å². The number of hydrogen-bond donors (Lipinski definition) is 1. The Morgan fingerprint density at radius 3 is 2.92 bits per heavy atom. The van der Waals surface area contributed by atoms with Crippen molar-refractivity contribution in [2.45, 2.75) is 12.5 Å². The summed E-state index contributed by atoms with van der Waals surface area (Å²) < 4.78 is 9.55. The summed E-state index contributed by atoms with van der Waals surface area (Å²) in [5.41, 5.74) is 0. The van der Waals surface area contributed by atoms with Gasteiger partial charge in [-0.05, 0) is 12.5 Å². The Morgan fingerprint density at radius 2 is 2.42 bits per heavy atom. The van der Waals surface area contributed by atoms with Gasteiger partial charge in [0.15, 0.2) is 0 Å². The first-order chi connectivity index (χ1) is 5.70. The predicted molar refractivity (Wildman–Crippen MR) is 51.0 cm³/mol. The molecule has 0 aromatic rings. The third kappa shape index (κ3) is 6.29. The second-order valence-electron chi connectivity index (χ2n) is 2.20. The Balaban J connectivity index is 3.21. The van der Waals surface area contributed by atoms with E-state index in [1.807, 2.05) is 0 Å². The fraction of sp³-hybridized carbons (Fsp3) is 0.500. The molecule has 0 fully saturated rings. The number of carbonyl (C=O) groups is 1. The van der Waals surface area contributed by atoms with Crippen LogP contribution in [0.4, 0.5) is 0 Å². The van der Waals surface area contributed by atoms with Crippen LogP contribution in [-0.2, 0) is 13.6 Å². The summed E-state index contributed by atoms with van der Waals surface area (Å²) in [5.74, 6) is -0.419. The zero-order valence-electron chi connectivity index (χ0n) is 7.16. The van der Waals surface area contributed by atoms with E-state index in [4.69, 9.17) is 13.6 Å². The molecule has 0 aliphatic carbocycles. The van der Waals surface area contributed by atoms with E-state index in [0.29, 0.717) is 29.6 Å². The SMILES string of the molecule is C=CC(=O)OCCC[SiH](O)O[SiH3]. The molecule has 0 aliphatic heterocycles. The Hall–Kier alpha value is -0.436. The molecule has 70 valence electrons. The maximum atomic E-state index is 10.5. The third-order valence-electron chi connectivity index (χ3n) is 1.28. The highest BCUT2D eigenvalue weighted by Gasteiger charge is 2.04. The zero-order chi connectivity index (χ0) is 9.40. The van der Waals surface area contributed by atoms with Crippen LogP contribution in [0.3, 0.4) is 0 Å². The predicted octanol–water partition coefficient (Wildman–Crippen LogP) is -1.38. The van der Waals surface area contributed by atoms with E-state index in [9.17, 15) is 4.79 Å². The van der Waals surface area contributed by atoms with Crippen LogP contribution in [0.5, 0.6) is 0 Å². The van der Waals surface area contributed by atoms with Crippen LogP contribution < -0.4 is 0 Å². The average Bonchev–Trinajstić information content (AvgIpc) is 2.11.